The SMILES string of the molecule is C[C@@H](CO[Si](C)(C)C(C)(C)C)n1cnc2c(-n3cncn3)nc(Cl)cc2c1=O. The molecule has 0 aliphatic carbocycles. The molecule has 3 aromatic heterocycles. The van der Waals surface area contributed by atoms with Crippen LogP contribution in [0.1, 0.15) is 33.7 Å². The van der Waals surface area contributed by atoms with Gasteiger partial charge in [0, 0.05) is 0 Å². The van der Waals surface area contributed by atoms with Crippen LogP contribution in [0.5, 0.6) is 0 Å². The summed E-state index contributed by atoms with van der Waals surface area (Å²) in [4.78, 5) is 25.7. The van der Waals surface area contributed by atoms with Crippen molar-refractivity contribution in [2.45, 2.75) is 51.9 Å². The fraction of sp³-hybridized carbons (Fsp3) is 0.500. The molecule has 0 amide bonds. The van der Waals surface area contributed by atoms with Crippen LogP contribution in [0.4, 0.5) is 0 Å². The number of halogens is 1. The Labute approximate surface area is 169 Å². The molecule has 0 radical (unpaired) electrons. The minimum Gasteiger partial charge on any atom is -0.415 e. The van der Waals surface area contributed by atoms with Crippen LogP contribution in [0.25, 0.3) is 16.7 Å². The third kappa shape index (κ3) is 3.87. The normalized spacial score (nSPS) is 13.8. The Balaban J connectivity index is 1.98. The molecule has 3 heterocycles. The molecule has 0 fully saturated rings. The van der Waals surface area contributed by atoms with Crippen molar-refractivity contribution in [1.82, 2.24) is 29.3 Å². The summed E-state index contributed by atoms with van der Waals surface area (Å²) in [6, 6.07) is 1.37. The molecule has 0 unspecified atom stereocenters. The van der Waals surface area contributed by atoms with E-state index in [-0.39, 0.29) is 21.8 Å². The third-order valence-corrected chi connectivity index (χ3v) is 10.0. The highest BCUT2D eigenvalue weighted by molar-refractivity contribution is 6.74. The summed E-state index contributed by atoms with van der Waals surface area (Å²) in [5, 5.41) is 4.74. The minimum absolute atomic E-state index is 0.102. The van der Waals surface area contributed by atoms with E-state index in [2.05, 4.69) is 53.9 Å². The summed E-state index contributed by atoms with van der Waals surface area (Å²) >= 11 is 6.15. The van der Waals surface area contributed by atoms with Gasteiger partial charge < -0.3 is 4.43 Å². The number of rotatable bonds is 5. The lowest BCUT2D eigenvalue weighted by Gasteiger charge is -2.37. The molecule has 0 saturated carbocycles. The van der Waals surface area contributed by atoms with Crippen LogP contribution >= 0.6 is 11.6 Å². The molecule has 1 atom stereocenters. The van der Waals surface area contributed by atoms with E-state index in [9.17, 15) is 4.79 Å². The average molecular weight is 421 g/mol. The summed E-state index contributed by atoms with van der Waals surface area (Å²) in [7, 11) is -1.91. The number of pyridine rings is 1. The Morgan fingerprint density at radius 2 is 2.00 bits per heavy atom. The van der Waals surface area contributed by atoms with E-state index < -0.39 is 8.32 Å². The first-order valence-corrected chi connectivity index (χ1v) is 12.4. The van der Waals surface area contributed by atoms with Gasteiger partial charge in [0.05, 0.1) is 24.4 Å². The number of hydrogen-bond donors (Lipinski definition) is 0. The second-order valence-corrected chi connectivity index (χ2v) is 13.6. The number of nitrogens with zero attached hydrogens (tertiary/aromatic N) is 6. The summed E-state index contributed by atoms with van der Waals surface area (Å²) in [6.07, 6.45) is 4.40. The lowest BCUT2D eigenvalue weighted by molar-refractivity contribution is 0.236. The molecule has 3 rings (SSSR count). The van der Waals surface area contributed by atoms with Gasteiger partial charge in [-0.25, -0.2) is 19.6 Å². The highest BCUT2D eigenvalue weighted by Gasteiger charge is 2.37. The second kappa shape index (κ2) is 7.38. The highest BCUT2D eigenvalue weighted by Crippen LogP contribution is 2.36. The van der Waals surface area contributed by atoms with Crippen LogP contribution in [-0.4, -0.2) is 44.2 Å². The zero-order chi connectivity index (χ0) is 20.7. The van der Waals surface area contributed by atoms with E-state index in [1.165, 1.54) is 29.7 Å². The molecule has 150 valence electrons. The molecule has 8 nitrogen and oxygen atoms in total. The number of aromatic nitrogens is 6. The van der Waals surface area contributed by atoms with Gasteiger partial charge in [-0.15, -0.1) is 0 Å². The second-order valence-electron chi connectivity index (χ2n) is 8.38. The maximum atomic E-state index is 13.1. The predicted molar refractivity (Wildman–Crippen MR) is 112 cm³/mol. The van der Waals surface area contributed by atoms with E-state index in [0.29, 0.717) is 23.3 Å². The van der Waals surface area contributed by atoms with Crippen LogP contribution in [0.2, 0.25) is 23.3 Å². The molecular weight excluding hydrogens is 396 g/mol. The smallest absolute Gasteiger partial charge is 0.261 e. The van der Waals surface area contributed by atoms with Gasteiger partial charge in [-0.2, -0.15) is 5.10 Å². The van der Waals surface area contributed by atoms with Gasteiger partial charge in [-0.05, 0) is 31.1 Å². The van der Waals surface area contributed by atoms with Gasteiger partial charge in [-0.1, -0.05) is 32.4 Å². The van der Waals surface area contributed by atoms with Crippen molar-refractivity contribution in [3.05, 3.63) is 40.6 Å². The maximum Gasteiger partial charge on any atom is 0.261 e. The van der Waals surface area contributed by atoms with E-state index in [1.807, 2.05) is 6.92 Å². The Bertz CT molecular complexity index is 1040. The van der Waals surface area contributed by atoms with Crippen molar-refractivity contribution in [2.75, 3.05) is 6.61 Å². The van der Waals surface area contributed by atoms with Crippen molar-refractivity contribution >= 4 is 30.8 Å². The fourth-order valence-corrected chi connectivity index (χ4v) is 3.79. The summed E-state index contributed by atoms with van der Waals surface area (Å²) in [5.41, 5.74) is 0.232. The highest BCUT2D eigenvalue weighted by atomic mass is 35.5. The molecule has 0 aliphatic heterocycles. The van der Waals surface area contributed by atoms with Crippen LogP contribution in [0, 0.1) is 0 Å². The largest absolute Gasteiger partial charge is 0.415 e. The van der Waals surface area contributed by atoms with Crippen LogP contribution in [0.15, 0.2) is 29.8 Å². The lowest BCUT2D eigenvalue weighted by Crippen LogP contribution is -2.42. The maximum absolute atomic E-state index is 13.1. The van der Waals surface area contributed by atoms with E-state index in [1.54, 1.807) is 4.57 Å². The Morgan fingerprint density at radius 1 is 1.29 bits per heavy atom. The molecule has 10 heteroatoms. The molecule has 3 aromatic rings. The summed E-state index contributed by atoms with van der Waals surface area (Å²) in [5.74, 6) is 0.370. The lowest BCUT2D eigenvalue weighted by atomic mass is 10.2. The molecule has 0 aromatic carbocycles. The first-order valence-electron chi connectivity index (χ1n) is 9.07. The summed E-state index contributed by atoms with van der Waals surface area (Å²) < 4.78 is 9.29. The summed E-state index contributed by atoms with van der Waals surface area (Å²) in [6.45, 7) is 13.3. The quantitative estimate of drug-likeness (QED) is 0.462. The van der Waals surface area contributed by atoms with E-state index in [0.717, 1.165) is 0 Å². The van der Waals surface area contributed by atoms with E-state index >= 15 is 0 Å². The molecule has 28 heavy (non-hydrogen) atoms. The topological polar surface area (TPSA) is 87.7 Å². The monoisotopic (exact) mass is 420 g/mol. The first kappa shape index (κ1) is 20.6. The van der Waals surface area contributed by atoms with Gasteiger partial charge in [0.15, 0.2) is 14.1 Å². The molecule has 0 saturated heterocycles. The van der Waals surface area contributed by atoms with Gasteiger partial charge >= 0.3 is 0 Å². The van der Waals surface area contributed by atoms with Crippen molar-refractivity contribution < 1.29 is 4.43 Å². The Hall–Kier alpha value is -2.10. The molecule has 0 aliphatic rings. The van der Waals surface area contributed by atoms with Gasteiger partial charge in [0.25, 0.3) is 5.56 Å². The van der Waals surface area contributed by atoms with Crippen molar-refractivity contribution in [3.8, 4) is 5.82 Å². The zero-order valence-electron chi connectivity index (χ0n) is 17.0. The van der Waals surface area contributed by atoms with Crippen LogP contribution < -0.4 is 5.56 Å². The van der Waals surface area contributed by atoms with Crippen molar-refractivity contribution in [2.24, 2.45) is 0 Å². The average Bonchev–Trinajstić information content (AvgIpc) is 3.13. The first-order chi connectivity index (χ1) is 13.0. The zero-order valence-corrected chi connectivity index (χ0v) is 18.7. The Kier molecular flexibility index (Phi) is 5.44. The van der Waals surface area contributed by atoms with Crippen LogP contribution in [-0.2, 0) is 4.43 Å². The minimum atomic E-state index is -1.91. The standard InChI is InChI=1S/C18H25ClN6O2Si/c1-12(8-27-28(5,6)18(2,3)4)24-11-21-15-13(17(24)26)7-14(19)23-16(15)25-10-20-9-22-25/h7,9-12H,8H2,1-6H3/t12-/m0/s1. The number of fused-ring (bicyclic) bond motifs is 1. The third-order valence-electron chi connectivity index (χ3n) is 5.32. The molecule has 0 spiro atoms. The van der Waals surface area contributed by atoms with Crippen molar-refractivity contribution in [1.29, 1.82) is 0 Å². The van der Waals surface area contributed by atoms with Gasteiger partial charge in [-0.3, -0.25) is 9.36 Å². The molecule has 0 bridgehead atoms. The van der Waals surface area contributed by atoms with Crippen molar-refractivity contribution in [3.63, 3.8) is 0 Å². The number of hydrogen-bond acceptors (Lipinski definition) is 6. The predicted octanol–water partition coefficient (Wildman–Crippen LogP) is 3.61. The molecule has 0 N–H and O–H groups in total. The van der Waals surface area contributed by atoms with Crippen LogP contribution in [0.3, 0.4) is 0 Å². The fourth-order valence-electron chi connectivity index (χ4n) is 2.51. The molecular formula is C18H25ClN6O2Si. The van der Waals surface area contributed by atoms with E-state index in [4.69, 9.17) is 16.0 Å². The van der Waals surface area contributed by atoms with Gasteiger partial charge in [0.2, 0.25) is 0 Å². The van der Waals surface area contributed by atoms with Gasteiger partial charge in [0.1, 0.15) is 23.3 Å². The Morgan fingerprint density at radius 3 is 2.61 bits per heavy atom.